The fraction of sp³-hybridized carbons (Fsp3) is 0.316. The van der Waals surface area contributed by atoms with Gasteiger partial charge in [-0.2, -0.15) is 0 Å². The zero-order valence-corrected chi connectivity index (χ0v) is 16.9. The third kappa shape index (κ3) is 3.35. The number of hydrogen-bond acceptors (Lipinski definition) is 4. The molecule has 0 spiro atoms. The zero-order chi connectivity index (χ0) is 16.6. The van der Waals surface area contributed by atoms with Gasteiger partial charge in [-0.3, -0.25) is 4.99 Å². The quantitative estimate of drug-likeness (QED) is 0.715. The lowest BCUT2D eigenvalue weighted by molar-refractivity contribution is -0.0712. The third-order valence-corrected chi connectivity index (χ3v) is 6.29. The predicted octanol–water partition coefficient (Wildman–Crippen LogP) is 5.00. The molecule has 0 aliphatic carbocycles. The highest BCUT2D eigenvalue weighted by Gasteiger charge is 2.53. The Morgan fingerprint density at radius 2 is 1.80 bits per heavy atom. The maximum Gasteiger partial charge on any atom is 0.182 e. The summed E-state index contributed by atoms with van der Waals surface area (Å²) < 4.78 is 0. The normalized spacial score (nSPS) is 25.6. The highest BCUT2D eigenvalue weighted by molar-refractivity contribution is 8.93. The minimum absolute atomic E-state index is 0. The third-order valence-electron chi connectivity index (χ3n) is 4.64. The van der Waals surface area contributed by atoms with Crippen LogP contribution in [-0.2, 0) is 5.72 Å². The average molecular weight is 440 g/mol. The number of aliphatic imine (C=N–C) groups is 1. The van der Waals surface area contributed by atoms with Crippen LogP contribution in [0.25, 0.3) is 0 Å². The number of thioether (sulfide) groups is 1. The van der Waals surface area contributed by atoms with Gasteiger partial charge < -0.3 is 10.0 Å². The second-order valence-corrected chi connectivity index (χ2v) is 7.67. The van der Waals surface area contributed by atoms with Gasteiger partial charge in [0.1, 0.15) is 0 Å². The molecule has 1 fully saturated rings. The van der Waals surface area contributed by atoms with Gasteiger partial charge in [0, 0.05) is 23.7 Å². The van der Waals surface area contributed by atoms with Gasteiger partial charge in [-0.25, -0.2) is 0 Å². The summed E-state index contributed by atoms with van der Waals surface area (Å²) in [6, 6.07) is 17.7. The summed E-state index contributed by atoms with van der Waals surface area (Å²) in [7, 11) is 0. The Morgan fingerprint density at radius 1 is 1.08 bits per heavy atom. The summed E-state index contributed by atoms with van der Waals surface area (Å²) in [6.45, 7) is 1.65. The van der Waals surface area contributed by atoms with E-state index in [2.05, 4.69) is 4.90 Å². The lowest BCUT2D eigenvalue weighted by Crippen LogP contribution is -2.46. The van der Waals surface area contributed by atoms with E-state index in [9.17, 15) is 5.11 Å². The lowest BCUT2D eigenvalue weighted by Gasteiger charge is -2.37. The molecule has 132 valence electrons. The molecule has 0 aromatic heterocycles. The molecule has 2 unspecified atom stereocenters. The van der Waals surface area contributed by atoms with Crippen LogP contribution in [0.4, 0.5) is 0 Å². The molecule has 1 saturated heterocycles. The predicted molar refractivity (Wildman–Crippen MR) is 111 cm³/mol. The highest BCUT2D eigenvalue weighted by Crippen LogP contribution is 2.54. The fourth-order valence-electron chi connectivity index (χ4n) is 3.41. The smallest absolute Gasteiger partial charge is 0.182 e. The van der Waals surface area contributed by atoms with Gasteiger partial charge in [-0.05, 0) is 30.5 Å². The molecule has 0 amide bonds. The van der Waals surface area contributed by atoms with Crippen LogP contribution in [0.2, 0.25) is 5.02 Å². The average Bonchev–Trinajstić information content (AvgIpc) is 2.77. The SMILES string of the molecule is Br.OC1(c2ccccc2)C(c2ccc(Cl)cc2)SC2=NCCCCN21. The van der Waals surface area contributed by atoms with Crippen LogP contribution < -0.4 is 0 Å². The van der Waals surface area contributed by atoms with E-state index in [0.29, 0.717) is 5.02 Å². The standard InChI is InChI=1S/C19H19ClN2OS.BrH/c20-16-10-8-14(9-11-16)17-19(23,15-6-2-1-3-7-15)22-13-5-4-12-21-18(22)24-17;/h1-3,6-11,17,23H,4-5,12-13H2;1H. The molecule has 2 heterocycles. The minimum Gasteiger partial charge on any atom is -0.365 e. The van der Waals surface area contributed by atoms with E-state index in [4.69, 9.17) is 16.6 Å². The van der Waals surface area contributed by atoms with Crippen molar-refractivity contribution in [3.05, 3.63) is 70.7 Å². The van der Waals surface area contributed by atoms with Crippen LogP contribution >= 0.6 is 40.3 Å². The molecule has 2 atom stereocenters. The molecule has 2 aromatic carbocycles. The Balaban J connectivity index is 0.00000182. The largest absolute Gasteiger partial charge is 0.365 e. The van der Waals surface area contributed by atoms with Crippen LogP contribution in [-0.4, -0.2) is 28.3 Å². The number of fused-ring (bicyclic) bond motifs is 1. The molecule has 0 radical (unpaired) electrons. The Labute approximate surface area is 167 Å². The van der Waals surface area contributed by atoms with Gasteiger partial charge in [-0.1, -0.05) is 65.8 Å². The summed E-state index contributed by atoms with van der Waals surface area (Å²) in [5, 5.41) is 13.4. The van der Waals surface area contributed by atoms with Crippen LogP contribution in [0.5, 0.6) is 0 Å². The van der Waals surface area contributed by atoms with Crippen molar-refractivity contribution in [1.82, 2.24) is 4.90 Å². The van der Waals surface area contributed by atoms with Crippen molar-refractivity contribution in [3.8, 4) is 0 Å². The van der Waals surface area contributed by atoms with E-state index < -0.39 is 5.72 Å². The molecular formula is C19H20BrClN2OS. The first kappa shape index (κ1) is 18.8. The minimum atomic E-state index is -1.09. The van der Waals surface area contributed by atoms with Gasteiger partial charge in [0.25, 0.3) is 0 Å². The fourth-order valence-corrected chi connectivity index (χ4v) is 4.99. The number of halogens is 2. The van der Waals surface area contributed by atoms with Crippen LogP contribution in [0, 0.1) is 0 Å². The monoisotopic (exact) mass is 438 g/mol. The van der Waals surface area contributed by atoms with Gasteiger partial charge in [0.15, 0.2) is 10.9 Å². The van der Waals surface area contributed by atoms with Gasteiger partial charge >= 0.3 is 0 Å². The van der Waals surface area contributed by atoms with Crippen molar-refractivity contribution in [3.63, 3.8) is 0 Å². The molecule has 6 heteroatoms. The Hall–Kier alpha value is -1.01. The van der Waals surface area contributed by atoms with E-state index in [0.717, 1.165) is 42.2 Å². The Morgan fingerprint density at radius 3 is 2.52 bits per heavy atom. The molecule has 1 N–H and O–H groups in total. The number of aliphatic hydroxyl groups is 1. The second kappa shape index (κ2) is 7.70. The van der Waals surface area contributed by atoms with Gasteiger partial charge in [0.05, 0.1) is 5.25 Å². The Kier molecular flexibility index (Phi) is 5.78. The van der Waals surface area contributed by atoms with E-state index in [1.54, 1.807) is 11.8 Å². The molecule has 4 rings (SSSR count). The number of nitrogens with zero attached hydrogens (tertiary/aromatic N) is 2. The summed E-state index contributed by atoms with van der Waals surface area (Å²) >= 11 is 7.70. The van der Waals surface area contributed by atoms with E-state index in [-0.39, 0.29) is 22.2 Å². The van der Waals surface area contributed by atoms with Crippen LogP contribution in [0.3, 0.4) is 0 Å². The Bertz CT molecular complexity index is 756. The van der Waals surface area contributed by atoms with E-state index in [1.165, 1.54) is 0 Å². The van der Waals surface area contributed by atoms with Crippen LogP contribution in [0.15, 0.2) is 59.6 Å². The van der Waals surface area contributed by atoms with Crippen LogP contribution in [0.1, 0.15) is 29.2 Å². The van der Waals surface area contributed by atoms with Crippen molar-refractivity contribution >= 4 is 45.5 Å². The molecule has 0 bridgehead atoms. The number of benzene rings is 2. The summed E-state index contributed by atoms with van der Waals surface area (Å²) in [4.78, 5) is 6.80. The first-order valence-corrected chi connectivity index (χ1v) is 9.47. The van der Waals surface area contributed by atoms with Crippen molar-refractivity contribution < 1.29 is 5.11 Å². The second-order valence-electron chi connectivity index (χ2n) is 6.16. The number of hydrogen-bond donors (Lipinski definition) is 1. The first-order valence-electron chi connectivity index (χ1n) is 8.22. The maximum absolute atomic E-state index is 11.9. The number of amidine groups is 1. The number of rotatable bonds is 2. The highest BCUT2D eigenvalue weighted by atomic mass is 79.9. The van der Waals surface area contributed by atoms with E-state index >= 15 is 0 Å². The van der Waals surface area contributed by atoms with Crippen molar-refractivity contribution in [2.24, 2.45) is 4.99 Å². The molecule has 2 aromatic rings. The summed E-state index contributed by atoms with van der Waals surface area (Å²) in [5.41, 5.74) is 0.874. The zero-order valence-electron chi connectivity index (χ0n) is 13.6. The lowest BCUT2D eigenvalue weighted by atomic mass is 9.92. The molecule has 3 nitrogen and oxygen atoms in total. The molecule has 2 aliphatic rings. The van der Waals surface area contributed by atoms with E-state index in [1.807, 2.05) is 54.6 Å². The molecule has 2 aliphatic heterocycles. The maximum atomic E-state index is 11.9. The van der Waals surface area contributed by atoms with Crippen molar-refractivity contribution in [2.45, 2.75) is 23.8 Å². The molecule has 0 saturated carbocycles. The van der Waals surface area contributed by atoms with Crippen molar-refractivity contribution in [2.75, 3.05) is 13.1 Å². The molecule has 25 heavy (non-hydrogen) atoms. The van der Waals surface area contributed by atoms with Gasteiger partial charge in [-0.15, -0.1) is 17.0 Å². The summed E-state index contributed by atoms with van der Waals surface area (Å²) in [6.07, 6.45) is 2.10. The topological polar surface area (TPSA) is 35.8 Å². The van der Waals surface area contributed by atoms with Gasteiger partial charge in [0.2, 0.25) is 0 Å². The van der Waals surface area contributed by atoms with Crippen molar-refractivity contribution in [1.29, 1.82) is 0 Å². The summed E-state index contributed by atoms with van der Waals surface area (Å²) in [5.74, 6) is 0. The first-order chi connectivity index (χ1) is 11.7. The molecular weight excluding hydrogens is 420 g/mol.